The second kappa shape index (κ2) is 11.0. The molecule has 10 saturated carbocycles. The molecule has 0 radical (unpaired) electrons. The zero-order chi connectivity index (χ0) is 33.1. The molecule has 0 aromatic rings. The van der Waals surface area contributed by atoms with E-state index in [1.807, 2.05) is 0 Å². The minimum absolute atomic E-state index is 0.458. The highest BCUT2D eigenvalue weighted by molar-refractivity contribution is 5.27. The van der Waals surface area contributed by atoms with Gasteiger partial charge in [-0.15, -0.1) is 0 Å². The Hall–Kier alpha value is 0. The smallest absolute Gasteiger partial charge is 0.0193 e. The summed E-state index contributed by atoms with van der Waals surface area (Å²) in [6.45, 7) is 21.0. The first-order valence-corrected chi connectivity index (χ1v) is 22.9. The van der Waals surface area contributed by atoms with Gasteiger partial charge in [0.1, 0.15) is 0 Å². The standard InChI is InChI=1S/C48H78/c1-26(2)31-18-28-16-17-30-19-29-13-11-15-37-42-40(32-21-34(46(3,4)5)24-35(22-32)47(6,7)8)38-23-27-12-9-10-14-36(27)41(38)45(42)48(43(29)37)25-33(20-31)39(28)44(30)48/h26-45H,9-25H2,1-8H3. The first-order valence-electron chi connectivity index (χ1n) is 22.9. The van der Waals surface area contributed by atoms with Gasteiger partial charge in [-0.05, 0) is 212 Å². The lowest BCUT2D eigenvalue weighted by Crippen LogP contribution is -2.54. The summed E-state index contributed by atoms with van der Waals surface area (Å²) >= 11 is 0. The summed E-state index contributed by atoms with van der Waals surface area (Å²) in [5.74, 6) is 21.7. The number of fused-ring (bicyclic) bond motifs is 6. The molecule has 19 unspecified atom stereocenters. The van der Waals surface area contributed by atoms with Crippen LogP contribution in [0.2, 0.25) is 0 Å². The highest BCUT2D eigenvalue weighted by atomic mass is 14.8. The third-order valence-corrected chi connectivity index (χ3v) is 20.8. The maximum Gasteiger partial charge on any atom is -0.0193 e. The Morgan fingerprint density at radius 1 is 0.438 bits per heavy atom. The van der Waals surface area contributed by atoms with Gasteiger partial charge in [-0.1, -0.05) is 87.5 Å². The minimum Gasteiger partial charge on any atom is -0.0625 e. The van der Waals surface area contributed by atoms with Gasteiger partial charge in [0.15, 0.2) is 0 Å². The summed E-state index contributed by atoms with van der Waals surface area (Å²) in [5.41, 5.74) is 1.69. The Kier molecular flexibility index (Phi) is 7.49. The van der Waals surface area contributed by atoms with Crippen molar-refractivity contribution in [2.75, 3.05) is 0 Å². The molecular weight excluding hydrogens is 577 g/mol. The van der Waals surface area contributed by atoms with E-state index in [0.717, 1.165) is 124 Å². The molecule has 10 rings (SSSR count). The Balaban J connectivity index is 1.12. The molecule has 0 amide bonds. The van der Waals surface area contributed by atoms with Gasteiger partial charge in [0.05, 0.1) is 0 Å². The van der Waals surface area contributed by atoms with Crippen LogP contribution >= 0.6 is 0 Å². The van der Waals surface area contributed by atoms with Crippen molar-refractivity contribution < 1.29 is 0 Å². The van der Waals surface area contributed by atoms with Gasteiger partial charge in [0.25, 0.3) is 0 Å². The van der Waals surface area contributed by atoms with Crippen LogP contribution in [0.25, 0.3) is 0 Å². The first kappa shape index (κ1) is 32.6. The Bertz CT molecular complexity index is 1210. The van der Waals surface area contributed by atoms with E-state index in [1.54, 1.807) is 103 Å². The van der Waals surface area contributed by atoms with Crippen LogP contribution in [0.3, 0.4) is 0 Å². The Morgan fingerprint density at radius 3 is 1.81 bits per heavy atom. The number of hydrogen-bond acceptors (Lipinski definition) is 0. The maximum absolute atomic E-state index is 2.63. The summed E-state index contributed by atoms with van der Waals surface area (Å²) in [6, 6.07) is 0. The monoisotopic (exact) mass is 655 g/mol. The molecule has 0 aliphatic heterocycles. The van der Waals surface area contributed by atoms with Crippen molar-refractivity contribution in [3.05, 3.63) is 0 Å². The molecule has 0 nitrogen and oxygen atoms in total. The van der Waals surface area contributed by atoms with Crippen molar-refractivity contribution in [2.45, 2.75) is 165 Å². The Labute approximate surface area is 298 Å². The van der Waals surface area contributed by atoms with Crippen LogP contribution in [-0.2, 0) is 0 Å². The third-order valence-electron chi connectivity index (χ3n) is 20.8. The number of hydrogen-bond donors (Lipinski definition) is 0. The third kappa shape index (κ3) is 4.43. The summed E-state index contributed by atoms with van der Waals surface area (Å²) in [5, 5.41) is 0. The van der Waals surface area contributed by atoms with Gasteiger partial charge >= 0.3 is 0 Å². The van der Waals surface area contributed by atoms with Gasteiger partial charge in [-0.3, -0.25) is 0 Å². The molecule has 0 heteroatoms. The van der Waals surface area contributed by atoms with Crippen molar-refractivity contribution in [2.24, 2.45) is 135 Å². The summed E-state index contributed by atoms with van der Waals surface area (Å²) in [6.07, 6.45) is 27.6. The van der Waals surface area contributed by atoms with Crippen molar-refractivity contribution in [3.63, 3.8) is 0 Å². The molecule has 0 heterocycles. The summed E-state index contributed by atoms with van der Waals surface area (Å²) in [4.78, 5) is 0. The average molecular weight is 655 g/mol. The van der Waals surface area contributed by atoms with Crippen LogP contribution in [-0.4, -0.2) is 0 Å². The van der Waals surface area contributed by atoms with Crippen LogP contribution in [0.1, 0.15) is 165 Å². The van der Waals surface area contributed by atoms with Gasteiger partial charge in [-0.2, -0.15) is 0 Å². The van der Waals surface area contributed by atoms with Gasteiger partial charge in [0, 0.05) is 0 Å². The van der Waals surface area contributed by atoms with Crippen LogP contribution < -0.4 is 0 Å². The normalized spacial score (nSPS) is 58.3. The minimum atomic E-state index is 0.458. The molecular formula is C48H78. The predicted molar refractivity (Wildman–Crippen MR) is 201 cm³/mol. The maximum atomic E-state index is 2.63. The second-order valence-corrected chi connectivity index (χ2v) is 24.3. The topological polar surface area (TPSA) is 0 Å². The number of rotatable bonds is 2. The van der Waals surface area contributed by atoms with Crippen LogP contribution in [0.4, 0.5) is 0 Å². The van der Waals surface area contributed by atoms with E-state index < -0.39 is 0 Å². The van der Waals surface area contributed by atoms with Crippen molar-refractivity contribution in [1.82, 2.24) is 0 Å². The molecule has 10 aliphatic rings. The van der Waals surface area contributed by atoms with Gasteiger partial charge in [-0.25, -0.2) is 0 Å². The largest absolute Gasteiger partial charge is 0.0625 e. The van der Waals surface area contributed by atoms with E-state index in [2.05, 4.69) is 55.4 Å². The highest BCUT2D eigenvalue weighted by Gasteiger charge is 2.79. The van der Waals surface area contributed by atoms with E-state index in [9.17, 15) is 0 Å². The fraction of sp³-hybridized carbons (Fsp3) is 1.00. The molecule has 48 heavy (non-hydrogen) atoms. The molecule has 0 aromatic heterocycles. The molecule has 10 fully saturated rings. The van der Waals surface area contributed by atoms with Crippen molar-refractivity contribution in [3.8, 4) is 0 Å². The van der Waals surface area contributed by atoms with Gasteiger partial charge < -0.3 is 0 Å². The first-order chi connectivity index (χ1) is 22.9. The molecule has 1 spiro atoms. The summed E-state index contributed by atoms with van der Waals surface area (Å²) < 4.78 is 0. The Morgan fingerprint density at radius 2 is 1.08 bits per heavy atom. The van der Waals surface area contributed by atoms with E-state index in [-0.39, 0.29) is 0 Å². The molecule has 19 atom stereocenters. The lowest BCUT2D eigenvalue weighted by molar-refractivity contribution is -0.122. The van der Waals surface area contributed by atoms with Crippen LogP contribution in [0.15, 0.2) is 0 Å². The quantitative estimate of drug-likeness (QED) is 0.278. The van der Waals surface area contributed by atoms with E-state index >= 15 is 0 Å². The van der Waals surface area contributed by atoms with Gasteiger partial charge in [0.2, 0.25) is 0 Å². The zero-order valence-electron chi connectivity index (χ0n) is 33.1. The molecule has 270 valence electrons. The molecule has 10 aliphatic carbocycles. The fourth-order valence-electron chi connectivity index (χ4n) is 19.6. The van der Waals surface area contributed by atoms with Crippen molar-refractivity contribution >= 4 is 0 Å². The lowest BCUT2D eigenvalue weighted by Gasteiger charge is -2.60. The van der Waals surface area contributed by atoms with E-state index in [0.29, 0.717) is 10.8 Å². The van der Waals surface area contributed by atoms with Crippen LogP contribution in [0, 0.1) is 135 Å². The predicted octanol–water partition coefficient (Wildman–Crippen LogP) is 13.2. The zero-order valence-corrected chi connectivity index (χ0v) is 33.1. The molecule has 0 aromatic carbocycles. The average Bonchev–Trinajstić information content (AvgIpc) is 3.75. The van der Waals surface area contributed by atoms with Crippen molar-refractivity contribution in [1.29, 1.82) is 0 Å². The molecule has 0 bridgehead atoms. The second-order valence-electron chi connectivity index (χ2n) is 24.3. The van der Waals surface area contributed by atoms with E-state index in [1.165, 1.54) is 6.42 Å². The fourth-order valence-corrected chi connectivity index (χ4v) is 19.6. The van der Waals surface area contributed by atoms with E-state index in [4.69, 9.17) is 0 Å². The molecule has 0 N–H and O–H groups in total. The molecule has 0 saturated heterocycles. The highest BCUT2D eigenvalue weighted by Crippen LogP contribution is 2.85. The van der Waals surface area contributed by atoms with Crippen LogP contribution in [0.5, 0.6) is 0 Å². The SMILES string of the molecule is CC(C)C1CC2CCC3CC4CCCC5C6C(C7CC(C(C)(C)C)CC(C(C)(C)C)C7)C7CC8CCCCC8C7C6C6(CC(C1)C2C36)C45. The lowest BCUT2D eigenvalue weighted by atomic mass is 9.44. The summed E-state index contributed by atoms with van der Waals surface area (Å²) in [7, 11) is 0.